The molecule has 110 valence electrons. The van der Waals surface area contributed by atoms with Crippen molar-refractivity contribution in [3.05, 3.63) is 11.8 Å². The van der Waals surface area contributed by atoms with Crippen LogP contribution in [0.25, 0.3) is 0 Å². The van der Waals surface area contributed by atoms with Crippen LogP contribution in [0.15, 0.2) is 11.8 Å². The van der Waals surface area contributed by atoms with Gasteiger partial charge in [-0.15, -0.1) is 0 Å². The van der Waals surface area contributed by atoms with E-state index in [1.54, 1.807) is 0 Å². The molecule has 0 atom stereocenters. The zero-order chi connectivity index (χ0) is 14.3. The zero-order valence-electron chi connectivity index (χ0n) is 13.1. The van der Waals surface area contributed by atoms with Crippen molar-refractivity contribution < 1.29 is 0 Å². The third-order valence-corrected chi connectivity index (χ3v) is 3.92. The molecule has 0 spiro atoms. The number of likely N-dealkylation sites (N-methyl/N-ethyl adjacent to an activating group) is 1. The van der Waals surface area contributed by atoms with Crippen molar-refractivity contribution in [3.63, 3.8) is 0 Å². The molecule has 1 heterocycles. The zero-order valence-corrected chi connectivity index (χ0v) is 13.1. The number of nitrogens with zero attached hydrogens (tertiary/aromatic N) is 3. The van der Waals surface area contributed by atoms with E-state index in [1.165, 1.54) is 18.8 Å². The molecule has 19 heavy (non-hydrogen) atoms. The van der Waals surface area contributed by atoms with Crippen LogP contribution >= 0.6 is 0 Å². The second kappa shape index (κ2) is 8.33. The normalized spacial score (nSPS) is 18.2. The van der Waals surface area contributed by atoms with Gasteiger partial charge in [-0.2, -0.15) is 0 Å². The minimum atomic E-state index is 0.640. The molecule has 0 unspecified atom stereocenters. The summed E-state index contributed by atoms with van der Waals surface area (Å²) < 4.78 is 0. The molecule has 1 aliphatic rings. The first-order valence-electron chi connectivity index (χ1n) is 7.49. The van der Waals surface area contributed by atoms with Crippen LogP contribution in [0.4, 0.5) is 0 Å². The Hall–Kier alpha value is -0.870. The lowest BCUT2D eigenvalue weighted by Gasteiger charge is -2.37. The summed E-state index contributed by atoms with van der Waals surface area (Å²) in [6.45, 7) is 17.5. The highest BCUT2D eigenvalue weighted by molar-refractivity contribution is 5.90. The Bertz CT molecular complexity index is 299. The number of hydrogen-bond acceptors (Lipinski definition) is 4. The molecule has 1 N–H and O–H groups in total. The van der Waals surface area contributed by atoms with Crippen LogP contribution in [-0.2, 0) is 0 Å². The lowest BCUT2D eigenvalue weighted by Crippen LogP contribution is -2.47. The van der Waals surface area contributed by atoms with E-state index in [1.807, 2.05) is 13.0 Å². The Morgan fingerprint density at radius 3 is 2.16 bits per heavy atom. The molecule has 0 aromatic rings. The molecule has 0 aromatic heterocycles. The molecule has 0 amide bonds. The van der Waals surface area contributed by atoms with Gasteiger partial charge >= 0.3 is 0 Å². The number of allylic oxidation sites excluding steroid dienone is 2. The average molecular weight is 266 g/mol. The van der Waals surface area contributed by atoms with Gasteiger partial charge in [0.1, 0.15) is 0 Å². The maximum atomic E-state index is 7.52. The molecule has 0 radical (unpaired) electrons. The van der Waals surface area contributed by atoms with Crippen LogP contribution in [-0.4, -0.2) is 72.8 Å². The summed E-state index contributed by atoms with van der Waals surface area (Å²) in [6, 6.07) is 0. The van der Waals surface area contributed by atoms with Crippen LogP contribution in [0.5, 0.6) is 0 Å². The van der Waals surface area contributed by atoms with Crippen LogP contribution < -0.4 is 0 Å². The number of rotatable bonds is 7. The Balaban J connectivity index is 2.31. The summed E-state index contributed by atoms with van der Waals surface area (Å²) in [5, 5.41) is 7.52. The van der Waals surface area contributed by atoms with Crippen molar-refractivity contribution in [2.24, 2.45) is 0 Å². The van der Waals surface area contributed by atoms with Gasteiger partial charge in [-0.3, -0.25) is 4.90 Å². The second-order valence-electron chi connectivity index (χ2n) is 5.32. The Labute approximate surface area is 118 Å². The molecule has 0 aliphatic carbocycles. The fraction of sp³-hybridized carbons (Fsp3) is 0.800. The largest absolute Gasteiger partial charge is 0.372 e. The number of hydrogen-bond donors (Lipinski definition) is 1. The Kier molecular flexibility index (Phi) is 7.10. The van der Waals surface area contributed by atoms with E-state index in [4.69, 9.17) is 5.41 Å². The summed E-state index contributed by atoms with van der Waals surface area (Å²) in [4.78, 5) is 7.43. The third kappa shape index (κ3) is 5.74. The van der Waals surface area contributed by atoms with Crippen LogP contribution in [0.2, 0.25) is 0 Å². The van der Waals surface area contributed by atoms with E-state index in [-0.39, 0.29) is 0 Å². The van der Waals surface area contributed by atoms with E-state index in [0.29, 0.717) is 5.71 Å². The molecule has 0 bridgehead atoms. The van der Waals surface area contributed by atoms with Crippen LogP contribution in [0, 0.1) is 5.41 Å². The maximum absolute atomic E-state index is 7.52. The van der Waals surface area contributed by atoms with Gasteiger partial charge in [-0.05, 0) is 33.0 Å². The molecule has 1 saturated heterocycles. The summed E-state index contributed by atoms with van der Waals surface area (Å²) in [7, 11) is 0. The van der Waals surface area contributed by atoms with E-state index >= 15 is 0 Å². The average Bonchev–Trinajstić information content (AvgIpc) is 2.39. The van der Waals surface area contributed by atoms with E-state index < -0.39 is 0 Å². The highest BCUT2D eigenvalue weighted by Crippen LogP contribution is 2.09. The van der Waals surface area contributed by atoms with Gasteiger partial charge in [-0.1, -0.05) is 13.8 Å². The third-order valence-electron chi connectivity index (χ3n) is 3.92. The lowest BCUT2D eigenvalue weighted by molar-refractivity contribution is 0.142. The maximum Gasteiger partial charge on any atom is 0.0303 e. The highest BCUT2D eigenvalue weighted by Gasteiger charge is 2.17. The summed E-state index contributed by atoms with van der Waals surface area (Å²) in [5.74, 6) is 0. The lowest BCUT2D eigenvalue weighted by atomic mass is 10.2. The van der Waals surface area contributed by atoms with E-state index in [2.05, 4.69) is 35.5 Å². The quantitative estimate of drug-likeness (QED) is 0.715. The molecule has 0 aromatic carbocycles. The van der Waals surface area contributed by atoms with Crippen molar-refractivity contribution in [2.75, 3.05) is 52.4 Å². The SMILES string of the molecule is CCN(CC)CCN1CCN(/C(C)=C/C(C)=N)CC1. The second-order valence-corrected chi connectivity index (χ2v) is 5.32. The van der Waals surface area contributed by atoms with Gasteiger partial charge in [0, 0.05) is 50.7 Å². The topological polar surface area (TPSA) is 33.6 Å². The molecule has 4 nitrogen and oxygen atoms in total. The van der Waals surface area contributed by atoms with Gasteiger partial charge in [0.2, 0.25) is 0 Å². The fourth-order valence-electron chi connectivity index (χ4n) is 2.55. The van der Waals surface area contributed by atoms with E-state index in [0.717, 1.165) is 39.3 Å². The Morgan fingerprint density at radius 1 is 1.11 bits per heavy atom. The molecule has 1 aliphatic heterocycles. The van der Waals surface area contributed by atoms with Crippen molar-refractivity contribution >= 4 is 5.71 Å². The molecule has 4 heteroatoms. The molecular formula is C15H30N4. The van der Waals surface area contributed by atoms with Crippen LogP contribution in [0.3, 0.4) is 0 Å². The first-order valence-corrected chi connectivity index (χ1v) is 7.49. The molecular weight excluding hydrogens is 236 g/mol. The first kappa shape index (κ1) is 16.2. The van der Waals surface area contributed by atoms with Gasteiger partial charge in [0.15, 0.2) is 0 Å². The molecule has 1 rings (SSSR count). The van der Waals surface area contributed by atoms with Gasteiger partial charge in [0.05, 0.1) is 0 Å². The standard InChI is InChI=1S/C15H30N4/c1-5-17(6-2)7-8-18-9-11-19(12-10-18)15(4)13-14(3)16/h13,16H,5-12H2,1-4H3/b15-13+,16-14?. The molecule has 0 saturated carbocycles. The number of nitrogens with one attached hydrogen (secondary N) is 1. The number of piperazine rings is 1. The smallest absolute Gasteiger partial charge is 0.0303 e. The monoisotopic (exact) mass is 266 g/mol. The minimum absolute atomic E-state index is 0.640. The van der Waals surface area contributed by atoms with Gasteiger partial charge in [0.25, 0.3) is 0 Å². The fourth-order valence-corrected chi connectivity index (χ4v) is 2.55. The predicted octanol–water partition coefficient (Wildman–Crippen LogP) is 1.89. The van der Waals surface area contributed by atoms with Crippen molar-refractivity contribution in [3.8, 4) is 0 Å². The van der Waals surface area contributed by atoms with Crippen molar-refractivity contribution in [1.82, 2.24) is 14.7 Å². The van der Waals surface area contributed by atoms with Gasteiger partial charge < -0.3 is 15.2 Å². The predicted molar refractivity (Wildman–Crippen MR) is 83.0 cm³/mol. The minimum Gasteiger partial charge on any atom is -0.372 e. The van der Waals surface area contributed by atoms with E-state index in [9.17, 15) is 0 Å². The first-order chi connectivity index (χ1) is 9.06. The molecule has 1 fully saturated rings. The summed E-state index contributed by atoms with van der Waals surface area (Å²) in [5.41, 5.74) is 1.87. The highest BCUT2D eigenvalue weighted by atomic mass is 15.3. The summed E-state index contributed by atoms with van der Waals surface area (Å²) >= 11 is 0. The van der Waals surface area contributed by atoms with Gasteiger partial charge in [-0.25, -0.2) is 0 Å². The van der Waals surface area contributed by atoms with Crippen LogP contribution in [0.1, 0.15) is 27.7 Å². The van der Waals surface area contributed by atoms with Crippen molar-refractivity contribution in [2.45, 2.75) is 27.7 Å². The summed E-state index contributed by atoms with van der Waals surface area (Å²) in [6.07, 6.45) is 1.96. The Morgan fingerprint density at radius 2 is 1.68 bits per heavy atom. The van der Waals surface area contributed by atoms with Crippen molar-refractivity contribution in [1.29, 1.82) is 5.41 Å².